The highest BCUT2D eigenvalue weighted by atomic mass is 16.2. The first-order valence-electron chi connectivity index (χ1n) is 9.36. The molecule has 1 aliphatic rings. The quantitative estimate of drug-likeness (QED) is 0.817. The van der Waals surface area contributed by atoms with Crippen LogP contribution in [0.15, 0.2) is 48.7 Å². The molecular weight excluding hydrogens is 322 g/mol. The molecule has 0 spiro atoms. The monoisotopic (exact) mass is 351 g/mol. The van der Waals surface area contributed by atoms with E-state index in [0.29, 0.717) is 5.69 Å². The Balaban J connectivity index is 1.75. The second kappa shape index (κ2) is 7.10. The van der Waals surface area contributed by atoms with E-state index in [1.807, 2.05) is 17.0 Å². The van der Waals surface area contributed by atoms with E-state index < -0.39 is 0 Å². The zero-order valence-electron chi connectivity index (χ0n) is 16.4. The number of nitrogens with zero attached hydrogens (tertiary/aromatic N) is 3. The average molecular weight is 351 g/mol. The number of hydrogen-bond acceptors (Lipinski definition) is 3. The SMILES string of the molecule is C[C@@H]1CN(c2ccc(C(C)(C)C)cc2)C[C@H](C)N1C(=O)c1ccccn1. The molecule has 1 aromatic carbocycles. The predicted octanol–water partition coefficient (Wildman–Crippen LogP) is 4.12. The van der Waals surface area contributed by atoms with Crippen LogP contribution in [0, 0.1) is 0 Å². The molecule has 138 valence electrons. The molecule has 4 nitrogen and oxygen atoms in total. The van der Waals surface area contributed by atoms with Crippen LogP contribution >= 0.6 is 0 Å². The van der Waals surface area contributed by atoms with Crippen molar-refractivity contribution in [1.29, 1.82) is 0 Å². The fourth-order valence-corrected chi connectivity index (χ4v) is 3.73. The van der Waals surface area contributed by atoms with E-state index >= 15 is 0 Å². The van der Waals surface area contributed by atoms with Crippen molar-refractivity contribution in [3.05, 3.63) is 59.9 Å². The van der Waals surface area contributed by atoms with E-state index in [9.17, 15) is 4.79 Å². The van der Waals surface area contributed by atoms with Gasteiger partial charge >= 0.3 is 0 Å². The first-order chi connectivity index (χ1) is 12.3. The molecule has 0 aliphatic carbocycles. The van der Waals surface area contributed by atoms with Gasteiger partial charge in [-0.25, -0.2) is 0 Å². The third kappa shape index (κ3) is 3.74. The zero-order chi connectivity index (χ0) is 18.9. The Morgan fingerprint density at radius 1 is 1.00 bits per heavy atom. The third-order valence-electron chi connectivity index (χ3n) is 5.14. The molecule has 2 heterocycles. The number of pyridine rings is 1. The van der Waals surface area contributed by atoms with Crippen LogP contribution in [-0.4, -0.2) is 41.0 Å². The Morgan fingerprint density at radius 3 is 2.12 bits per heavy atom. The lowest BCUT2D eigenvalue weighted by Crippen LogP contribution is -2.58. The molecule has 0 bridgehead atoms. The lowest BCUT2D eigenvalue weighted by Gasteiger charge is -2.45. The summed E-state index contributed by atoms with van der Waals surface area (Å²) < 4.78 is 0. The Bertz CT molecular complexity index is 737. The van der Waals surface area contributed by atoms with E-state index in [1.54, 1.807) is 12.3 Å². The van der Waals surface area contributed by atoms with Gasteiger partial charge in [-0.1, -0.05) is 39.0 Å². The maximum Gasteiger partial charge on any atom is 0.273 e. The summed E-state index contributed by atoms with van der Waals surface area (Å²) in [5, 5.41) is 0. The average Bonchev–Trinajstić information content (AvgIpc) is 2.61. The van der Waals surface area contributed by atoms with Crippen molar-refractivity contribution in [3.63, 3.8) is 0 Å². The summed E-state index contributed by atoms with van der Waals surface area (Å²) in [6, 6.07) is 14.6. The van der Waals surface area contributed by atoms with E-state index in [4.69, 9.17) is 0 Å². The molecule has 26 heavy (non-hydrogen) atoms. The number of amides is 1. The molecule has 0 N–H and O–H groups in total. The van der Waals surface area contributed by atoms with Crippen molar-refractivity contribution in [1.82, 2.24) is 9.88 Å². The Labute approximate surface area is 156 Å². The maximum atomic E-state index is 12.9. The maximum absolute atomic E-state index is 12.9. The Hall–Kier alpha value is -2.36. The largest absolute Gasteiger partial charge is 0.367 e. The number of carbonyl (C=O) groups excluding carboxylic acids is 1. The van der Waals surface area contributed by atoms with Crippen LogP contribution in [0.25, 0.3) is 0 Å². The molecule has 1 amide bonds. The predicted molar refractivity (Wildman–Crippen MR) is 107 cm³/mol. The molecule has 4 heteroatoms. The molecular formula is C22H29N3O. The van der Waals surface area contributed by atoms with Gasteiger partial charge in [-0.15, -0.1) is 0 Å². The lowest BCUT2D eigenvalue weighted by atomic mass is 9.87. The summed E-state index contributed by atoms with van der Waals surface area (Å²) in [5.74, 6) is 0.0216. The zero-order valence-corrected chi connectivity index (χ0v) is 16.4. The second-order valence-electron chi connectivity index (χ2n) is 8.33. The Morgan fingerprint density at radius 2 is 1.62 bits per heavy atom. The number of benzene rings is 1. The van der Waals surface area contributed by atoms with Gasteiger partial charge in [0.25, 0.3) is 5.91 Å². The number of piperazine rings is 1. The van der Waals surface area contributed by atoms with Crippen LogP contribution in [-0.2, 0) is 5.41 Å². The van der Waals surface area contributed by atoms with Crippen molar-refractivity contribution >= 4 is 11.6 Å². The van der Waals surface area contributed by atoms with Gasteiger partial charge < -0.3 is 9.80 Å². The second-order valence-corrected chi connectivity index (χ2v) is 8.33. The highest BCUT2D eigenvalue weighted by molar-refractivity contribution is 5.92. The van der Waals surface area contributed by atoms with Crippen molar-refractivity contribution in [2.24, 2.45) is 0 Å². The number of hydrogen-bond donors (Lipinski definition) is 0. The van der Waals surface area contributed by atoms with Crippen LogP contribution in [0.5, 0.6) is 0 Å². The summed E-state index contributed by atoms with van der Waals surface area (Å²) in [6.07, 6.45) is 1.68. The van der Waals surface area contributed by atoms with Gasteiger partial charge in [0.1, 0.15) is 5.69 Å². The molecule has 0 saturated carbocycles. The summed E-state index contributed by atoms with van der Waals surface area (Å²) in [4.78, 5) is 21.4. The van der Waals surface area contributed by atoms with Gasteiger partial charge in [-0.2, -0.15) is 0 Å². The first kappa shape index (κ1) is 18.4. The Kier molecular flexibility index (Phi) is 5.03. The van der Waals surface area contributed by atoms with Crippen molar-refractivity contribution in [2.75, 3.05) is 18.0 Å². The summed E-state index contributed by atoms with van der Waals surface area (Å²) in [6.45, 7) is 12.6. The van der Waals surface area contributed by atoms with Crippen LogP contribution in [0.4, 0.5) is 5.69 Å². The minimum atomic E-state index is 0.0216. The standard InChI is InChI=1S/C22H29N3O/c1-16-14-24(19-11-9-18(10-12-19)22(3,4)5)15-17(2)25(16)21(26)20-8-6-7-13-23-20/h6-13,16-17H,14-15H2,1-5H3/t16-,17+. The van der Waals surface area contributed by atoms with Gasteiger partial charge in [-0.3, -0.25) is 9.78 Å². The van der Waals surface area contributed by atoms with Gasteiger partial charge in [0.15, 0.2) is 0 Å². The van der Waals surface area contributed by atoms with Crippen molar-refractivity contribution in [2.45, 2.75) is 52.1 Å². The molecule has 2 aromatic rings. The van der Waals surface area contributed by atoms with E-state index in [-0.39, 0.29) is 23.4 Å². The van der Waals surface area contributed by atoms with Crippen molar-refractivity contribution < 1.29 is 4.79 Å². The first-order valence-corrected chi connectivity index (χ1v) is 9.36. The number of carbonyl (C=O) groups is 1. The molecule has 1 aliphatic heterocycles. The minimum Gasteiger partial charge on any atom is -0.367 e. The molecule has 0 unspecified atom stereocenters. The van der Waals surface area contributed by atoms with Gasteiger partial charge in [0.2, 0.25) is 0 Å². The van der Waals surface area contributed by atoms with Gasteiger partial charge in [-0.05, 0) is 49.1 Å². The highest BCUT2D eigenvalue weighted by Gasteiger charge is 2.34. The molecule has 1 aromatic heterocycles. The number of aromatic nitrogens is 1. The smallest absolute Gasteiger partial charge is 0.273 e. The van der Waals surface area contributed by atoms with E-state index in [1.165, 1.54) is 11.3 Å². The van der Waals surface area contributed by atoms with Gasteiger partial charge in [0, 0.05) is 37.1 Å². The van der Waals surface area contributed by atoms with Crippen LogP contribution in [0.2, 0.25) is 0 Å². The highest BCUT2D eigenvalue weighted by Crippen LogP contribution is 2.27. The van der Waals surface area contributed by atoms with Crippen molar-refractivity contribution in [3.8, 4) is 0 Å². The summed E-state index contributed by atoms with van der Waals surface area (Å²) >= 11 is 0. The van der Waals surface area contributed by atoms with E-state index in [0.717, 1.165) is 13.1 Å². The van der Waals surface area contributed by atoms with E-state index in [2.05, 4.69) is 68.8 Å². The molecule has 2 atom stereocenters. The number of anilines is 1. The fourth-order valence-electron chi connectivity index (χ4n) is 3.73. The minimum absolute atomic E-state index is 0.0216. The van der Waals surface area contributed by atoms with Gasteiger partial charge in [0.05, 0.1) is 0 Å². The molecule has 0 radical (unpaired) electrons. The van der Waals surface area contributed by atoms with Crippen LogP contribution < -0.4 is 4.90 Å². The normalized spacial score (nSPS) is 21.0. The van der Waals surface area contributed by atoms with Crippen LogP contribution in [0.3, 0.4) is 0 Å². The topological polar surface area (TPSA) is 36.4 Å². The lowest BCUT2D eigenvalue weighted by molar-refractivity contribution is 0.0568. The molecule has 1 saturated heterocycles. The third-order valence-corrected chi connectivity index (χ3v) is 5.14. The fraction of sp³-hybridized carbons (Fsp3) is 0.455. The molecule has 1 fully saturated rings. The molecule has 3 rings (SSSR count). The summed E-state index contributed by atoms with van der Waals surface area (Å²) in [7, 11) is 0. The summed E-state index contributed by atoms with van der Waals surface area (Å²) in [5.41, 5.74) is 3.24. The number of rotatable bonds is 2. The van der Waals surface area contributed by atoms with Crippen LogP contribution in [0.1, 0.15) is 50.7 Å².